The van der Waals surface area contributed by atoms with Crippen molar-refractivity contribution in [3.8, 4) is 6.07 Å². The number of carbonyl (C=O) groups is 2. The van der Waals surface area contributed by atoms with Crippen LogP contribution in [0.5, 0.6) is 0 Å². The van der Waals surface area contributed by atoms with E-state index in [1.165, 1.54) is 6.07 Å². The molecule has 24 heavy (non-hydrogen) atoms. The normalized spacial score (nSPS) is 11.5. The van der Waals surface area contributed by atoms with Crippen LogP contribution in [0, 0.1) is 17.1 Å². The van der Waals surface area contributed by atoms with Crippen molar-refractivity contribution in [2.24, 2.45) is 0 Å². The zero-order valence-corrected chi connectivity index (χ0v) is 12.7. The summed E-state index contributed by atoms with van der Waals surface area (Å²) in [7, 11) is -3.85. The fourth-order valence-electron chi connectivity index (χ4n) is 1.49. The Hall–Kier alpha value is -2.68. The molecule has 0 aliphatic rings. The number of anilines is 2. The van der Waals surface area contributed by atoms with Gasteiger partial charge in [-0.1, -0.05) is 0 Å². The van der Waals surface area contributed by atoms with Gasteiger partial charge in [-0.2, -0.15) is 18.4 Å². The Morgan fingerprint density at radius 1 is 1.25 bits per heavy atom. The molecule has 0 atom stereocenters. The number of nitriles is 1. The third-order valence-corrected chi connectivity index (χ3v) is 3.03. The zero-order chi connectivity index (χ0) is 18.7. The Labute approximate surface area is 133 Å². The van der Waals surface area contributed by atoms with Gasteiger partial charge in [0.2, 0.25) is 21.7 Å². The molecule has 0 aliphatic heterocycles. The van der Waals surface area contributed by atoms with Gasteiger partial charge in [-0.15, -0.1) is 0 Å². The molecule has 0 aliphatic carbocycles. The summed E-state index contributed by atoms with van der Waals surface area (Å²) in [5.41, 5.74) is -1.50. The lowest BCUT2D eigenvalue weighted by molar-refractivity contribution is -0.171. The van der Waals surface area contributed by atoms with Crippen LogP contribution in [0.4, 0.5) is 28.9 Å². The first-order valence-corrected chi connectivity index (χ1v) is 7.84. The van der Waals surface area contributed by atoms with Gasteiger partial charge in [0.15, 0.2) is 0 Å². The maximum atomic E-state index is 13.7. The molecule has 1 aromatic carbocycles. The van der Waals surface area contributed by atoms with Crippen molar-refractivity contribution in [1.82, 2.24) is 0 Å². The van der Waals surface area contributed by atoms with Gasteiger partial charge in [0.05, 0.1) is 29.6 Å². The van der Waals surface area contributed by atoms with E-state index >= 15 is 0 Å². The molecule has 1 aromatic rings. The summed E-state index contributed by atoms with van der Waals surface area (Å²) in [5.74, 6) is -4.98. The number of ketones is 1. The number of Topliss-reactive ketones (excluding diaryl/α,β-unsaturated/α-hetero) is 1. The summed E-state index contributed by atoms with van der Waals surface area (Å²) in [5, 5.41) is 10.5. The monoisotopic (exact) mass is 367 g/mol. The lowest BCUT2D eigenvalue weighted by Gasteiger charge is -2.11. The summed E-state index contributed by atoms with van der Waals surface area (Å²) in [4.78, 5) is 22.1. The molecule has 2 N–H and O–H groups in total. The highest BCUT2D eigenvalue weighted by Gasteiger charge is 2.39. The van der Waals surface area contributed by atoms with Crippen molar-refractivity contribution >= 4 is 33.1 Å². The van der Waals surface area contributed by atoms with E-state index < -0.39 is 51.4 Å². The van der Waals surface area contributed by atoms with Crippen LogP contribution in [-0.2, 0) is 19.6 Å². The molecule has 0 fully saturated rings. The van der Waals surface area contributed by atoms with Crippen molar-refractivity contribution in [3.63, 3.8) is 0 Å². The second-order valence-electron chi connectivity index (χ2n) is 4.51. The summed E-state index contributed by atoms with van der Waals surface area (Å²) in [6.07, 6.45) is -6.04. The van der Waals surface area contributed by atoms with E-state index in [2.05, 4.69) is 0 Å². The number of halogens is 4. The molecular formula is C12H9F4N3O4S. The first-order valence-electron chi connectivity index (χ1n) is 5.95. The van der Waals surface area contributed by atoms with Gasteiger partial charge in [0.1, 0.15) is 11.9 Å². The van der Waals surface area contributed by atoms with Crippen molar-refractivity contribution in [1.29, 1.82) is 5.26 Å². The van der Waals surface area contributed by atoms with Crippen LogP contribution in [0.3, 0.4) is 0 Å². The highest BCUT2D eigenvalue weighted by atomic mass is 32.2. The van der Waals surface area contributed by atoms with Crippen LogP contribution >= 0.6 is 0 Å². The van der Waals surface area contributed by atoms with Crippen LogP contribution in [0.2, 0.25) is 0 Å². The van der Waals surface area contributed by atoms with Crippen LogP contribution < -0.4 is 10.0 Å². The molecule has 0 unspecified atom stereocenters. The highest BCUT2D eigenvalue weighted by Crippen LogP contribution is 2.25. The SMILES string of the molecule is CS(=O)(=O)Nc1cc(NC(=O)CC(=O)C(F)(F)F)c(F)cc1C#N. The fourth-order valence-corrected chi connectivity index (χ4v) is 2.05. The number of benzene rings is 1. The van der Waals surface area contributed by atoms with Gasteiger partial charge in [0, 0.05) is 0 Å². The predicted molar refractivity (Wildman–Crippen MR) is 73.9 cm³/mol. The first-order chi connectivity index (χ1) is 10.8. The standard InChI is InChI=1S/C12H9F4N3O4S/c1-24(22,23)19-8-3-9(7(13)2-6(8)5-17)18-11(21)4-10(20)12(14,15)16/h2-3,19H,4H2,1H3,(H,18,21). The quantitative estimate of drug-likeness (QED) is 0.605. The van der Waals surface area contributed by atoms with Crippen LogP contribution in [0.15, 0.2) is 12.1 Å². The Kier molecular flexibility index (Phi) is 5.51. The van der Waals surface area contributed by atoms with E-state index in [0.29, 0.717) is 12.1 Å². The number of rotatable bonds is 5. The third-order valence-electron chi connectivity index (χ3n) is 2.43. The van der Waals surface area contributed by atoms with E-state index in [-0.39, 0.29) is 5.69 Å². The Morgan fingerprint density at radius 3 is 2.29 bits per heavy atom. The minimum Gasteiger partial charge on any atom is -0.323 e. The molecule has 12 heteroatoms. The highest BCUT2D eigenvalue weighted by molar-refractivity contribution is 7.92. The maximum absolute atomic E-state index is 13.7. The summed E-state index contributed by atoms with van der Waals surface area (Å²) < 4.78 is 74.1. The number of sulfonamides is 1. The van der Waals surface area contributed by atoms with Crippen LogP contribution in [-0.4, -0.2) is 32.5 Å². The summed E-state index contributed by atoms with van der Waals surface area (Å²) >= 11 is 0. The van der Waals surface area contributed by atoms with E-state index in [1.807, 2.05) is 4.72 Å². The minimum atomic E-state index is -5.22. The molecule has 1 rings (SSSR count). The largest absolute Gasteiger partial charge is 0.450 e. The van der Waals surface area contributed by atoms with Crippen molar-refractivity contribution in [2.75, 3.05) is 16.3 Å². The van der Waals surface area contributed by atoms with E-state index in [9.17, 15) is 35.6 Å². The smallest absolute Gasteiger partial charge is 0.323 e. The Morgan fingerprint density at radius 2 is 1.83 bits per heavy atom. The second kappa shape index (κ2) is 6.83. The number of carbonyl (C=O) groups excluding carboxylic acids is 2. The zero-order valence-electron chi connectivity index (χ0n) is 11.9. The van der Waals surface area contributed by atoms with Crippen molar-refractivity contribution in [3.05, 3.63) is 23.5 Å². The molecule has 1 amide bonds. The summed E-state index contributed by atoms with van der Waals surface area (Å²) in [6.45, 7) is 0. The topological polar surface area (TPSA) is 116 Å². The van der Waals surface area contributed by atoms with Gasteiger partial charge in [-0.05, 0) is 12.1 Å². The van der Waals surface area contributed by atoms with Gasteiger partial charge in [0.25, 0.3) is 0 Å². The third kappa shape index (κ3) is 5.51. The van der Waals surface area contributed by atoms with Gasteiger partial charge in [-0.3, -0.25) is 14.3 Å². The van der Waals surface area contributed by atoms with Crippen molar-refractivity contribution in [2.45, 2.75) is 12.6 Å². The lowest BCUT2D eigenvalue weighted by atomic mass is 10.1. The molecule has 0 bridgehead atoms. The molecule has 130 valence electrons. The van der Waals surface area contributed by atoms with E-state index in [0.717, 1.165) is 6.26 Å². The van der Waals surface area contributed by atoms with Gasteiger partial charge < -0.3 is 5.32 Å². The molecule has 0 saturated carbocycles. The predicted octanol–water partition coefficient (Wildman–Crippen LogP) is 1.53. The van der Waals surface area contributed by atoms with Crippen molar-refractivity contribution < 1.29 is 35.6 Å². The van der Waals surface area contributed by atoms with Gasteiger partial charge in [-0.25, -0.2) is 12.8 Å². The average molecular weight is 367 g/mol. The van der Waals surface area contributed by atoms with Gasteiger partial charge >= 0.3 is 6.18 Å². The first kappa shape index (κ1) is 19.4. The molecule has 7 nitrogen and oxygen atoms in total. The number of nitrogens with zero attached hydrogens (tertiary/aromatic N) is 1. The average Bonchev–Trinajstić information content (AvgIpc) is 2.39. The lowest BCUT2D eigenvalue weighted by Crippen LogP contribution is -2.28. The minimum absolute atomic E-state index is 0.390. The Balaban J connectivity index is 3.08. The maximum Gasteiger partial charge on any atom is 0.450 e. The molecule has 0 radical (unpaired) electrons. The van der Waals surface area contributed by atoms with Crippen LogP contribution in [0.25, 0.3) is 0 Å². The number of alkyl halides is 3. The molecular weight excluding hydrogens is 358 g/mol. The second-order valence-corrected chi connectivity index (χ2v) is 6.26. The fraction of sp³-hybridized carbons (Fsp3) is 0.250. The number of hydrogen-bond donors (Lipinski definition) is 2. The number of amides is 1. The van der Waals surface area contributed by atoms with E-state index in [4.69, 9.17) is 5.26 Å². The molecule has 0 heterocycles. The molecule has 0 aromatic heterocycles. The number of nitrogens with one attached hydrogen (secondary N) is 2. The Bertz CT molecular complexity index is 828. The summed E-state index contributed by atoms with van der Waals surface area (Å²) in [6, 6.07) is 2.80. The number of hydrogen-bond acceptors (Lipinski definition) is 5. The van der Waals surface area contributed by atoms with Crippen LogP contribution in [0.1, 0.15) is 12.0 Å². The van der Waals surface area contributed by atoms with E-state index in [1.54, 1.807) is 5.32 Å². The molecule has 0 spiro atoms. The molecule has 0 saturated heterocycles.